The van der Waals surface area contributed by atoms with Gasteiger partial charge in [-0.05, 0) is 49.7 Å². The van der Waals surface area contributed by atoms with E-state index in [1.54, 1.807) is 32.7 Å². The van der Waals surface area contributed by atoms with Gasteiger partial charge in [0.1, 0.15) is 17.5 Å². The van der Waals surface area contributed by atoms with E-state index in [4.69, 9.17) is 11.6 Å². The number of benzene rings is 2. The summed E-state index contributed by atoms with van der Waals surface area (Å²) in [6.07, 6.45) is 0.409. The number of nitrogens with zero attached hydrogens (tertiary/aromatic N) is 5. The fraction of sp³-hybridized carbons (Fsp3) is 0.357. The molecule has 0 bridgehead atoms. The summed E-state index contributed by atoms with van der Waals surface area (Å²) in [6, 6.07) is 11.4. The molecule has 1 N–H and O–H groups in total. The number of nitriles is 1. The molecule has 2 unspecified atom stereocenters. The molecule has 0 saturated heterocycles. The molecule has 3 aromatic rings. The summed E-state index contributed by atoms with van der Waals surface area (Å²) in [4.78, 5) is 30.6. The maximum absolute atomic E-state index is 13.9. The summed E-state index contributed by atoms with van der Waals surface area (Å²) in [5.74, 6) is -0.596. The van der Waals surface area contributed by atoms with Crippen molar-refractivity contribution in [2.45, 2.75) is 51.6 Å². The number of aliphatic hydroxyl groups is 1. The molecule has 0 aliphatic carbocycles. The molecule has 12 heteroatoms. The largest absolute Gasteiger partial charge is 0.435 e. The van der Waals surface area contributed by atoms with Crippen molar-refractivity contribution in [1.82, 2.24) is 19.6 Å². The van der Waals surface area contributed by atoms with Gasteiger partial charge in [0.05, 0.1) is 41.5 Å². The van der Waals surface area contributed by atoms with Crippen LogP contribution in [0.15, 0.2) is 42.5 Å². The first-order chi connectivity index (χ1) is 19.1. The molecular formula is C28H26ClF2N5O4. The third-order valence-electron chi connectivity index (χ3n) is 7.52. The van der Waals surface area contributed by atoms with Crippen LogP contribution in [0.4, 0.5) is 8.78 Å². The van der Waals surface area contributed by atoms with Gasteiger partial charge in [-0.2, -0.15) is 19.1 Å². The Labute approximate surface area is 234 Å². The van der Waals surface area contributed by atoms with Gasteiger partial charge in [0.25, 0.3) is 11.8 Å². The van der Waals surface area contributed by atoms with E-state index in [0.717, 1.165) is 0 Å². The molecule has 2 aliphatic rings. The molecule has 3 heterocycles. The number of hydrogen-bond donors (Lipinski definition) is 1. The molecule has 5 rings (SSSR count). The number of halogens is 3. The van der Waals surface area contributed by atoms with Crippen LogP contribution < -0.4 is 4.74 Å². The van der Waals surface area contributed by atoms with Crippen molar-refractivity contribution < 1.29 is 28.2 Å². The van der Waals surface area contributed by atoms with Crippen LogP contribution in [0.2, 0.25) is 5.02 Å². The van der Waals surface area contributed by atoms with Crippen LogP contribution in [-0.4, -0.2) is 62.3 Å². The van der Waals surface area contributed by atoms with E-state index in [9.17, 15) is 28.7 Å². The Morgan fingerprint density at radius 1 is 1.27 bits per heavy atom. The number of ether oxygens (including phenoxy) is 1. The van der Waals surface area contributed by atoms with Crippen LogP contribution in [0.1, 0.15) is 69.2 Å². The quantitative estimate of drug-likeness (QED) is 0.472. The van der Waals surface area contributed by atoms with Gasteiger partial charge < -0.3 is 19.6 Å². The lowest BCUT2D eigenvalue weighted by Crippen LogP contribution is -2.46. The smallest absolute Gasteiger partial charge is 0.387 e. The predicted octanol–water partition coefficient (Wildman–Crippen LogP) is 4.35. The Hall–Kier alpha value is -4.01. The third kappa shape index (κ3) is 4.89. The second kappa shape index (κ2) is 10.9. The number of aromatic nitrogens is 2. The minimum absolute atomic E-state index is 0.0118. The molecule has 0 radical (unpaired) electrons. The van der Waals surface area contributed by atoms with Crippen LogP contribution in [0.5, 0.6) is 5.75 Å². The minimum Gasteiger partial charge on any atom is -0.435 e. The molecule has 0 saturated carbocycles. The van der Waals surface area contributed by atoms with Crippen LogP contribution in [0, 0.1) is 11.3 Å². The van der Waals surface area contributed by atoms with Gasteiger partial charge in [-0.1, -0.05) is 23.7 Å². The summed E-state index contributed by atoms with van der Waals surface area (Å²) < 4.78 is 31.1. The van der Waals surface area contributed by atoms with Crippen molar-refractivity contribution in [3.63, 3.8) is 0 Å². The molecule has 9 nitrogen and oxygen atoms in total. The standard InChI is InChI=1S/C28H26ClF2N5O4/c1-15-9-24-22(13-34(15)26(38)18-5-8-23(29)19(10-18)11-32)25-27(39)35(12-20(14-37)36(25)33-24)16(2)17-3-6-21(7-4-17)40-28(30)31/h3-8,10,15-16,20,28,37H,9,12-14H2,1-2H3/t15-,16?,20?/m1/s1. The van der Waals surface area contributed by atoms with E-state index >= 15 is 0 Å². The number of alkyl halides is 2. The molecule has 3 atom stereocenters. The first-order valence-electron chi connectivity index (χ1n) is 12.7. The molecule has 0 fully saturated rings. The number of hydrogen-bond acceptors (Lipinski definition) is 6. The van der Waals surface area contributed by atoms with Gasteiger partial charge in [0.2, 0.25) is 0 Å². The number of fused-ring (bicyclic) bond motifs is 3. The topological polar surface area (TPSA) is 112 Å². The second-order valence-electron chi connectivity index (χ2n) is 9.93. The van der Waals surface area contributed by atoms with Gasteiger partial charge in [0.15, 0.2) is 0 Å². The lowest BCUT2D eigenvalue weighted by atomic mass is 9.96. The van der Waals surface area contributed by atoms with Crippen LogP contribution >= 0.6 is 11.6 Å². The second-order valence-corrected chi connectivity index (χ2v) is 10.3. The zero-order valence-corrected chi connectivity index (χ0v) is 22.5. The van der Waals surface area contributed by atoms with Gasteiger partial charge in [0, 0.05) is 30.1 Å². The summed E-state index contributed by atoms with van der Waals surface area (Å²) >= 11 is 6.04. The van der Waals surface area contributed by atoms with Gasteiger partial charge in [-0.15, -0.1) is 0 Å². The molecule has 2 aromatic carbocycles. The summed E-state index contributed by atoms with van der Waals surface area (Å²) in [5, 5.41) is 24.5. The Kier molecular flexibility index (Phi) is 7.49. The minimum atomic E-state index is -2.94. The van der Waals surface area contributed by atoms with Crippen LogP contribution in [-0.2, 0) is 13.0 Å². The third-order valence-corrected chi connectivity index (χ3v) is 7.85. The highest BCUT2D eigenvalue weighted by atomic mass is 35.5. The maximum Gasteiger partial charge on any atom is 0.387 e. The number of rotatable bonds is 6. The van der Waals surface area contributed by atoms with Crippen molar-refractivity contribution in [1.29, 1.82) is 5.26 Å². The number of carbonyl (C=O) groups excluding carboxylic acids is 2. The monoisotopic (exact) mass is 569 g/mol. The highest BCUT2D eigenvalue weighted by Gasteiger charge is 2.41. The van der Waals surface area contributed by atoms with Crippen molar-refractivity contribution >= 4 is 23.4 Å². The van der Waals surface area contributed by atoms with E-state index < -0.39 is 18.7 Å². The normalized spacial score (nSPS) is 19.2. The molecule has 0 spiro atoms. The van der Waals surface area contributed by atoms with E-state index in [1.165, 1.54) is 24.3 Å². The summed E-state index contributed by atoms with van der Waals surface area (Å²) in [6.45, 7) is 0.831. The van der Waals surface area contributed by atoms with Crippen LogP contribution in [0.3, 0.4) is 0 Å². The van der Waals surface area contributed by atoms with Crippen molar-refractivity contribution in [2.24, 2.45) is 0 Å². The average molecular weight is 570 g/mol. The average Bonchev–Trinajstić information content (AvgIpc) is 3.31. The molecular weight excluding hydrogens is 544 g/mol. The van der Waals surface area contributed by atoms with E-state index in [0.29, 0.717) is 34.5 Å². The Morgan fingerprint density at radius 3 is 2.65 bits per heavy atom. The zero-order chi connectivity index (χ0) is 28.7. The first kappa shape index (κ1) is 27.6. The van der Waals surface area contributed by atoms with E-state index in [2.05, 4.69) is 9.84 Å². The predicted molar refractivity (Wildman–Crippen MR) is 140 cm³/mol. The van der Waals surface area contributed by atoms with Crippen LogP contribution in [0.25, 0.3) is 0 Å². The highest BCUT2D eigenvalue weighted by molar-refractivity contribution is 6.31. The lowest BCUT2D eigenvalue weighted by Gasteiger charge is -2.38. The van der Waals surface area contributed by atoms with Gasteiger partial charge >= 0.3 is 6.61 Å². The SMILES string of the molecule is CC(c1ccc(OC(F)F)cc1)N1CC(CO)n2nc3c(c2C1=O)CN(C(=O)c1ccc(Cl)c(C#N)c1)[C@H](C)C3. The van der Waals surface area contributed by atoms with Gasteiger partial charge in [-0.25, -0.2) is 0 Å². The summed E-state index contributed by atoms with van der Waals surface area (Å²) in [5.41, 5.74) is 2.82. The molecule has 2 amide bonds. The number of amides is 2. The molecule has 40 heavy (non-hydrogen) atoms. The molecule has 1 aromatic heterocycles. The number of carbonyl (C=O) groups is 2. The van der Waals surface area contributed by atoms with E-state index in [-0.39, 0.29) is 53.9 Å². The zero-order valence-electron chi connectivity index (χ0n) is 21.7. The lowest BCUT2D eigenvalue weighted by molar-refractivity contribution is -0.0498. The number of aliphatic hydroxyl groups excluding tert-OH is 1. The first-order valence-corrected chi connectivity index (χ1v) is 13.1. The Bertz CT molecular complexity index is 1500. The molecule has 2 aliphatic heterocycles. The Balaban J connectivity index is 1.46. The van der Waals surface area contributed by atoms with Crippen molar-refractivity contribution in [3.05, 3.63) is 81.1 Å². The molecule has 208 valence electrons. The Morgan fingerprint density at radius 2 is 2.00 bits per heavy atom. The summed E-state index contributed by atoms with van der Waals surface area (Å²) in [7, 11) is 0. The maximum atomic E-state index is 13.9. The fourth-order valence-electron chi connectivity index (χ4n) is 5.33. The van der Waals surface area contributed by atoms with Gasteiger partial charge in [-0.3, -0.25) is 14.3 Å². The van der Waals surface area contributed by atoms with Crippen molar-refractivity contribution in [2.75, 3.05) is 13.2 Å². The fourth-order valence-corrected chi connectivity index (χ4v) is 5.49. The highest BCUT2D eigenvalue weighted by Crippen LogP contribution is 2.36. The van der Waals surface area contributed by atoms with Crippen molar-refractivity contribution in [3.8, 4) is 11.8 Å². The van der Waals surface area contributed by atoms with E-state index in [1.807, 2.05) is 19.9 Å².